The average molecular weight is 529 g/mol. The number of rotatable bonds is 10. The molecular weight excluding hydrogens is 509 g/mol. The Morgan fingerprint density at radius 1 is 0.684 bits per heavy atom. The molecule has 4 rings (SSSR count). The van der Waals surface area contributed by atoms with E-state index in [1.54, 1.807) is 24.3 Å². The third-order valence-electron chi connectivity index (χ3n) is 4.86. The average Bonchev–Trinajstić information content (AvgIpc) is 2.88. The van der Waals surface area contributed by atoms with E-state index < -0.39 is 6.36 Å². The van der Waals surface area contributed by atoms with Gasteiger partial charge in [-0.3, -0.25) is 0 Å². The van der Waals surface area contributed by atoms with E-state index in [2.05, 4.69) is 40.8 Å². The van der Waals surface area contributed by atoms with Crippen LogP contribution < -0.4 is 20.8 Å². The van der Waals surface area contributed by atoms with Crippen molar-refractivity contribution in [1.82, 2.24) is 15.0 Å². The first kappa shape index (κ1) is 26.3. The molecule has 0 unspecified atom stereocenters. The molecule has 0 aliphatic rings. The molecule has 1 aromatic heterocycles. The molecule has 13 heteroatoms. The number of aromatic nitrogens is 3. The summed E-state index contributed by atoms with van der Waals surface area (Å²) >= 11 is 0. The van der Waals surface area contributed by atoms with Crippen LogP contribution in [0.15, 0.2) is 77.9 Å². The summed E-state index contributed by atoms with van der Waals surface area (Å²) in [5.41, 5.74) is 4.73. The summed E-state index contributed by atoms with van der Waals surface area (Å²) in [6.07, 6.45) is -3.42. The lowest BCUT2D eigenvalue weighted by Gasteiger charge is -2.10. The summed E-state index contributed by atoms with van der Waals surface area (Å²) in [7, 11) is 0. The van der Waals surface area contributed by atoms with Crippen LogP contribution in [-0.2, 0) is 13.1 Å². The molecule has 0 saturated heterocycles. The number of alkyl halides is 3. The third-order valence-corrected chi connectivity index (χ3v) is 4.86. The van der Waals surface area contributed by atoms with Gasteiger partial charge in [-0.25, -0.2) is 14.2 Å². The lowest BCUT2D eigenvalue weighted by molar-refractivity contribution is -0.274. The van der Waals surface area contributed by atoms with E-state index in [0.29, 0.717) is 18.7 Å². The van der Waals surface area contributed by atoms with Crippen LogP contribution in [0.25, 0.3) is 0 Å². The third kappa shape index (κ3) is 8.40. The van der Waals surface area contributed by atoms with Crippen molar-refractivity contribution in [3.05, 3.63) is 101 Å². The van der Waals surface area contributed by atoms with Crippen molar-refractivity contribution < 1.29 is 26.7 Å². The summed E-state index contributed by atoms with van der Waals surface area (Å²) in [5, 5.41) is 10.1. The van der Waals surface area contributed by atoms with E-state index in [4.69, 9.17) is 0 Å². The zero-order valence-electron chi connectivity index (χ0n) is 19.5. The van der Waals surface area contributed by atoms with Crippen LogP contribution >= 0.6 is 0 Å². The normalized spacial score (nSPS) is 11.4. The highest BCUT2D eigenvalue weighted by atomic mass is 19.4. The molecule has 0 radical (unpaired) electrons. The fraction of sp³-hybridized carbons (Fsp3) is 0.120. The summed E-state index contributed by atoms with van der Waals surface area (Å²) < 4.78 is 67.1. The second kappa shape index (κ2) is 12.0. The number of hydrogen-bond acceptors (Lipinski definition) is 8. The fourth-order valence-electron chi connectivity index (χ4n) is 3.07. The first-order valence-corrected chi connectivity index (χ1v) is 11.1. The second-order valence-corrected chi connectivity index (χ2v) is 7.75. The van der Waals surface area contributed by atoms with Gasteiger partial charge in [-0.2, -0.15) is 20.1 Å². The number of hydrogen-bond donors (Lipinski definition) is 3. The van der Waals surface area contributed by atoms with Gasteiger partial charge in [-0.05, 0) is 65.2 Å². The zero-order chi connectivity index (χ0) is 27.0. The van der Waals surface area contributed by atoms with E-state index in [1.807, 2.05) is 0 Å². The molecule has 4 aromatic rings. The summed E-state index contributed by atoms with van der Waals surface area (Å²) in [6.45, 7) is 0.605. The first-order chi connectivity index (χ1) is 18.2. The van der Waals surface area contributed by atoms with Crippen LogP contribution in [0.1, 0.15) is 16.7 Å². The molecular formula is C25H20F5N7O. The number of anilines is 3. The minimum Gasteiger partial charge on any atom is -0.406 e. The van der Waals surface area contributed by atoms with E-state index in [0.717, 1.165) is 23.3 Å². The second-order valence-electron chi connectivity index (χ2n) is 7.75. The summed E-state index contributed by atoms with van der Waals surface area (Å²) in [4.78, 5) is 12.8. The van der Waals surface area contributed by atoms with Crippen LogP contribution in [0.2, 0.25) is 0 Å². The van der Waals surface area contributed by atoms with Gasteiger partial charge in [0, 0.05) is 13.1 Å². The molecule has 3 aromatic carbocycles. The van der Waals surface area contributed by atoms with E-state index in [-0.39, 0.29) is 35.2 Å². The minimum absolute atomic E-state index is 0.0662. The van der Waals surface area contributed by atoms with Gasteiger partial charge in [0.05, 0.1) is 6.21 Å². The first-order valence-electron chi connectivity index (χ1n) is 11.1. The highest BCUT2D eigenvalue weighted by molar-refractivity contribution is 5.80. The number of hydrazone groups is 1. The van der Waals surface area contributed by atoms with Crippen LogP contribution in [0.4, 0.5) is 39.8 Å². The van der Waals surface area contributed by atoms with Crippen LogP contribution in [-0.4, -0.2) is 27.5 Å². The molecule has 0 bridgehead atoms. The van der Waals surface area contributed by atoms with Gasteiger partial charge < -0.3 is 15.4 Å². The van der Waals surface area contributed by atoms with Crippen molar-refractivity contribution >= 4 is 24.1 Å². The predicted molar refractivity (Wildman–Crippen MR) is 132 cm³/mol. The van der Waals surface area contributed by atoms with E-state index >= 15 is 0 Å². The molecule has 196 valence electrons. The highest BCUT2D eigenvalue weighted by Gasteiger charge is 2.30. The summed E-state index contributed by atoms with van der Waals surface area (Å²) in [6, 6.07) is 16.9. The Balaban J connectivity index is 1.45. The monoisotopic (exact) mass is 529 g/mol. The Bertz CT molecular complexity index is 1300. The highest BCUT2D eigenvalue weighted by Crippen LogP contribution is 2.22. The quantitative estimate of drug-likeness (QED) is 0.137. The largest absolute Gasteiger partial charge is 0.573 e. The van der Waals surface area contributed by atoms with E-state index in [1.165, 1.54) is 42.6 Å². The van der Waals surface area contributed by atoms with Gasteiger partial charge in [-0.1, -0.05) is 24.3 Å². The number of halogens is 5. The molecule has 0 spiro atoms. The smallest absolute Gasteiger partial charge is 0.406 e. The Morgan fingerprint density at radius 3 is 1.63 bits per heavy atom. The Kier molecular flexibility index (Phi) is 8.26. The lowest BCUT2D eigenvalue weighted by atomic mass is 10.2. The minimum atomic E-state index is -4.78. The van der Waals surface area contributed by atoms with Crippen molar-refractivity contribution in [3.8, 4) is 5.75 Å². The Morgan fingerprint density at radius 2 is 1.16 bits per heavy atom. The summed E-state index contributed by atoms with van der Waals surface area (Å²) in [5.74, 6) is -0.610. The van der Waals surface area contributed by atoms with Gasteiger partial charge in [0.15, 0.2) is 0 Å². The molecule has 0 atom stereocenters. The maximum atomic E-state index is 13.2. The Hall–Kier alpha value is -4.81. The van der Waals surface area contributed by atoms with Crippen molar-refractivity contribution in [2.24, 2.45) is 5.10 Å². The zero-order valence-corrected chi connectivity index (χ0v) is 19.5. The topological polar surface area (TPSA) is 96.4 Å². The molecule has 0 fully saturated rings. The molecule has 0 saturated carbocycles. The number of nitrogens with one attached hydrogen (secondary N) is 3. The maximum Gasteiger partial charge on any atom is 0.573 e. The SMILES string of the molecule is Fc1ccc(CNc2nc(NCc3ccc(F)cc3)nc(N/N=C/c3ccc(OC(F)(F)F)cc3)n2)cc1. The molecule has 38 heavy (non-hydrogen) atoms. The van der Waals surface area contributed by atoms with Gasteiger partial charge in [0.2, 0.25) is 17.8 Å². The molecule has 1 heterocycles. The van der Waals surface area contributed by atoms with E-state index in [9.17, 15) is 22.0 Å². The van der Waals surface area contributed by atoms with Gasteiger partial charge in [-0.15, -0.1) is 13.2 Å². The van der Waals surface area contributed by atoms with Crippen LogP contribution in [0.5, 0.6) is 5.75 Å². The molecule has 8 nitrogen and oxygen atoms in total. The van der Waals surface area contributed by atoms with Gasteiger partial charge >= 0.3 is 6.36 Å². The van der Waals surface area contributed by atoms with Gasteiger partial charge in [0.1, 0.15) is 17.4 Å². The molecule has 0 amide bonds. The number of ether oxygens (including phenoxy) is 1. The maximum absolute atomic E-state index is 13.2. The molecule has 0 aliphatic carbocycles. The predicted octanol–water partition coefficient (Wildman–Crippen LogP) is 5.72. The fourth-order valence-corrected chi connectivity index (χ4v) is 3.07. The van der Waals surface area contributed by atoms with Crippen molar-refractivity contribution in [2.75, 3.05) is 16.1 Å². The Labute approximate surface area is 213 Å². The van der Waals surface area contributed by atoms with Gasteiger partial charge in [0.25, 0.3) is 0 Å². The van der Waals surface area contributed by atoms with Crippen molar-refractivity contribution in [2.45, 2.75) is 19.5 Å². The molecule has 3 N–H and O–H groups in total. The van der Waals surface area contributed by atoms with Crippen LogP contribution in [0.3, 0.4) is 0 Å². The number of benzene rings is 3. The van der Waals surface area contributed by atoms with Crippen molar-refractivity contribution in [3.63, 3.8) is 0 Å². The standard InChI is InChI=1S/C25H20F5N7O/c26-19-7-1-16(2-8-19)13-31-22-34-23(32-14-17-3-9-20(27)10-4-17)36-24(35-22)37-33-15-18-5-11-21(12-6-18)38-25(28,29)30/h1-12,15H,13-14H2,(H3,31,32,34,35,36,37)/b33-15+. The lowest BCUT2D eigenvalue weighted by Crippen LogP contribution is -2.17. The van der Waals surface area contributed by atoms with Crippen LogP contribution in [0, 0.1) is 11.6 Å². The van der Waals surface area contributed by atoms with Crippen molar-refractivity contribution in [1.29, 1.82) is 0 Å². The number of nitrogens with zero attached hydrogens (tertiary/aromatic N) is 4. The molecule has 0 aliphatic heterocycles.